The first-order valence-corrected chi connectivity index (χ1v) is 7.89. The quantitative estimate of drug-likeness (QED) is 0.691. The van der Waals surface area contributed by atoms with E-state index in [0.29, 0.717) is 0 Å². The molecule has 1 aliphatic rings. The molecule has 2 rings (SSSR count). The molecule has 0 N–H and O–H groups in total. The minimum atomic E-state index is -0.135. The fourth-order valence-electron chi connectivity index (χ4n) is 2.41. The van der Waals surface area contributed by atoms with Gasteiger partial charge in [0.1, 0.15) is 0 Å². The van der Waals surface area contributed by atoms with E-state index in [2.05, 4.69) is 86.4 Å². The summed E-state index contributed by atoms with van der Waals surface area (Å²) in [6, 6.07) is 10.6. The summed E-state index contributed by atoms with van der Waals surface area (Å²) in [5, 5.41) is 9.15. The molecule has 1 aliphatic carbocycles. The molecular weight excluding hydrogens is 270 g/mol. The van der Waals surface area contributed by atoms with Crippen molar-refractivity contribution < 1.29 is 0 Å². The molecule has 1 atom stereocenters. The summed E-state index contributed by atoms with van der Waals surface area (Å²) in [5.41, 5.74) is 3.80. The van der Waals surface area contributed by atoms with Gasteiger partial charge in [-0.05, 0) is 45.3 Å². The number of azo groups is 1. The number of allylic oxidation sites excluding steroid dienone is 2. The van der Waals surface area contributed by atoms with Crippen LogP contribution in [0.15, 0.2) is 64.0 Å². The highest BCUT2D eigenvalue weighted by molar-refractivity contribution is 5.33. The largest absolute Gasteiger partial charge is 0.378 e. The third-order valence-corrected chi connectivity index (χ3v) is 3.58. The molecule has 3 nitrogen and oxygen atoms in total. The van der Waals surface area contributed by atoms with Crippen LogP contribution in [0.4, 0.5) is 0 Å². The van der Waals surface area contributed by atoms with Crippen molar-refractivity contribution in [1.82, 2.24) is 4.90 Å². The molecule has 0 fully saturated rings. The van der Waals surface area contributed by atoms with Crippen molar-refractivity contribution in [2.75, 3.05) is 14.1 Å². The number of benzene rings is 1. The lowest BCUT2D eigenvalue weighted by Crippen LogP contribution is -2.09. The zero-order valence-corrected chi connectivity index (χ0v) is 14.4. The van der Waals surface area contributed by atoms with E-state index in [1.807, 2.05) is 6.07 Å². The van der Waals surface area contributed by atoms with E-state index in [9.17, 15) is 0 Å². The number of likely N-dealkylation sites (N-methyl/N-ethyl adjacent to an activating group) is 1. The Balaban J connectivity index is 2.16. The Labute approximate surface area is 134 Å². The van der Waals surface area contributed by atoms with Gasteiger partial charge in [-0.1, -0.05) is 42.0 Å². The summed E-state index contributed by atoms with van der Waals surface area (Å²) in [5.74, 6) is 0. The van der Waals surface area contributed by atoms with Crippen LogP contribution in [-0.4, -0.2) is 24.5 Å². The number of rotatable bonds is 5. The lowest BCUT2D eigenvalue weighted by molar-refractivity contribution is 0.509. The van der Waals surface area contributed by atoms with Crippen molar-refractivity contribution in [2.45, 2.75) is 45.2 Å². The highest BCUT2D eigenvalue weighted by Crippen LogP contribution is 2.31. The van der Waals surface area contributed by atoms with Crippen LogP contribution in [0.1, 0.15) is 45.2 Å². The summed E-state index contributed by atoms with van der Waals surface area (Å²) in [7, 11) is 4.17. The topological polar surface area (TPSA) is 28.0 Å². The van der Waals surface area contributed by atoms with E-state index in [-0.39, 0.29) is 11.6 Å². The number of hydrogen-bond donors (Lipinski definition) is 0. The fraction of sp³-hybridized carbons (Fsp3) is 0.474. The van der Waals surface area contributed by atoms with Crippen molar-refractivity contribution in [3.63, 3.8) is 0 Å². The Morgan fingerprint density at radius 3 is 2.36 bits per heavy atom. The van der Waals surface area contributed by atoms with Crippen LogP contribution in [0, 0.1) is 0 Å². The Hall–Kier alpha value is -1.90. The molecule has 118 valence electrons. The van der Waals surface area contributed by atoms with Gasteiger partial charge in [0, 0.05) is 19.8 Å². The first-order valence-electron chi connectivity index (χ1n) is 7.89. The summed E-state index contributed by atoms with van der Waals surface area (Å²) in [6.45, 7) is 6.25. The van der Waals surface area contributed by atoms with E-state index in [1.54, 1.807) is 0 Å². The standard InChI is InChI=1S/C19H27N3/c1-19(2,3)21-20-18(16-9-7-6-8-10-16)14-15-11-12-17(13-15)22(4)5/h6-10,12-13,18H,11,14H2,1-5H3. The molecule has 0 aromatic heterocycles. The van der Waals surface area contributed by atoms with Gasteiger partial charge in [0.15, 0.2) is 0 Å². The summed E-state index contributed by atoms with van der Waals surface area (Å²) in [4.78, 5) is 2.15. The normalized spacial score (nSPS) is 16.6. The average Bonchev–Trinajstić information content (AvgIpc) is 2.92. The third-order valence-electron chi connectivity index (χ3n) is 3.58. The minimum Gasteiger partial charge on any atom is -0.378 e. The Bertz CT molecular complexity index is 574. The van der Waals surface area contributed by atoms with Crippen molar-refractivity contribution in [2.24, 2.45) is 10.2 Å². The predicted molar refractivity (Wildman–Crippen MR) is 92.9 cm³/mol. The molecule has 22 heavy (non-hydrogen) atoms. The third kappa shape index (κ3) is 4.83. The first kappa shape index (κ1) is 16.5. The first-order chi connectivity index (χ1) is 10.3. The van der Waals surface area contributed by atoms with Gasteiger partial charge in [0.2, 0.25) is 0 Å². The molecule has 0 spiro atoms. The zero-order valence-electron chi connectivity index (χ0n) is 14.4. The van der Waals surface area contributed by atoms with Crippen molar-refractivity contribution in [1.29, 1.82) is 0 Å². The summed E-state index contributed by atoms with van der Waals surface area (Å²) >= 11 is 0. The molecule has 1 aromatic rings. The average molecular weight is 297 g/mol. The molecule has 0 aliphatic heterocycles. The smallest absolute Gasteiger partial charge is 0.0995 e. The van der Waals surface area contributed by atoms with Gasteiger partial charge in [-0.3, -0.25) is 0 Å². The lowest BCUT2D eigenvalue weighted by atomic mass is 9.99. The number of hydrogen-bond acceptors (Lipinski definition) is 3. The van der Waals surface area contributed by atoms with Crippen molar-refractivity contribution in [3.8, 4) is 0 Å². The Morgan fingerprint density at radius 1 is 1.14 bits per heavy atom. The fourth-order valence-corrected chi connectivity index (χ4v) is 2.41. The molecule has 0 saturated carbocycles. The van der Waals surface area contributed by atoms with Crippen LogP contribution in [0.3, 0.4) is 0 Å². The molecule has 0 amide bonds. The maximum absolute atomic E-state index is 4.65. The van der Waals surface area contributed by atoms with Crippen LogP contribution in [0.25, 0.3) is 0 Å². The van der Waals surface area contributed by atoms with Crippen molar-refractivity contribution >= 4 is 0 Å². The van der Waals surface area contributed by atoms with Crippen LogP contribution >= 0.6 is 0 Å². The minimum absolute atomic E-state index is 0.0987. The van der Waals surface area contributed by atoms with E-state index in [4.69, 9.17) is 0 Å². The lowest BCUT2D eigenvalue weighted by Gasteiger charge is -2.16. The molecule has 1 unspecified atom stereocenters. The molecule has 3 heteroatoms. The molecule has 0 bridgehead atoms. The van der Waals surface area contributed by atoms with Crippen LogP contribution < -0.4 is 0 Å². The van der Waals surface area contributed by atoms with E-state index < -0.39 is 0 Å². The van der Waals surface area contributed by atoms with Crippen LogP contribution in [0.5, 0.6) is 0 Å². The van der Waals surface area contributed by atoms with Crippen molar-refractivity contribution in [3.05, 3.63) is 59.3 Å². The monoisotopic (exact) mass is 297 g/mol. The second kappa shape index (κ2) is 6.91. The SMILES string of the molecule is CN(C)C1=CCC(CC(N=NC(C)(C)C)c2ccccc2)=C1. The van der Waals surface area contributed by atoms with E-state index >= 15 is 0 Å². The number of nitrogens with zero attached hydrogens (tertiary/aromatic N) is 3. The molecule has 0 radical (unpaired) electrons. The highest BCUT2D eigenvalue weighted by atomic mass is 15.2. The molecular formula is C19H27N3. The van der Waals surface area contributed by atoms with E-state index in [1.165, 1.54) is 16.8 Å². The van der Waals surface area contributed by atoms with Crippen LogP contribution in [-0.2, 0) is 0 Å². The molecule has 0 heterocycles. The molecule has 0 saturated heterocycles. The summed E-state index contributed by atoms with van der Waals surface area (Å²) < 4.78 is 0. The van der Waals surface area contributed by atoms with Gasteiger partial charge in [0.05, 0.1) is 11.6 Å². The second-order valence-corrected chi connectivity index (χ2v) is 7.05. The van der Waals surface area contributed by atoms with Gasteiger partial charge in [-0.25, -0.2) is 0 Å². The maximum Gasteiger partial charge on any atom is 0.0995 e. The van der Waals surface area contributed by atoms with Crippen LogP contribution in [0.2, 0.25) is 0 Å². The predicted octanol–water partition coefficient (Wildman–Crippen LogP) is 5.14. The second-order valence-electron chi connectivity index (χ2n) is 7.05. The molecule has 1 aromatic carbocycles. The zero-order chi connectivity index (χ0) is 16.2. The summed E-state index contributed by atoms with van der Waals surface area (Å²) in [6.07, 6.45) is 6.50. The maximum atomic E-state index is 4.65. The van der Waals surface area contributed by atoms with Gasteiger partial charge in [-0.2, -0.15) is 10.2 Å². The van der Waals surface area contributed by atoms with Gasteiger partial charge >= 0.3 is 0 Å². The van der Waals surface area contributed by atoms with Gasteiger partial charge in [-0.15, -0.1) is 0 Å². The Kier molecular flexibility index (Phi) is 5.17. The van der Waals surface area contributed by atoms with Gasteiger partial charge < -0.3 is 4.90 Å². The van der Waals surface area contributed by atoms with E-state index in [0.717, 1.165) is 12.8 Å². The highest BCUT2D eigenvalue weighted by Gasteiger charge is 2.17. The Morgan fingerprint density at radius 2 is 1.82 bits per heavy atom. The van der Waals surface area contributed by atoms with Gasteiger partial charge in [0.25, 0.3) is 0 Å².